The van der Waals surface area contributed by atoms with Crippen LogP contribution in [0.25, 0.3) is 0 Å². The van der Waals surface area contributed by atoms with Gasteiger partial charge < -0.3 is 10.2 Å². The minimum Gasteiger partial charge on any atom is -0.322 e. The number of carbonyl (C=O) groups excluding carboxylic acids is 2. The summed E-state index contributed by atoms with van der Waals surface area (Å²) in [7, 11) is 0. The number of nitrogens with one attached hydrogen (secondary N) is 1. The summed E-state index contributed by atoms with van der Waals surface area (Å²) in [5.74, 6) is -0.357. The number of nitrogens with zero attached hydrogens (tertiary/aromatic N) is 2. The van der Waals surface area contributed by atoms with E-state index in [0.29, 0.717) is 48.0 Å². The normalized spacial score (nSPS) is 14.9. The summed E-state index contributed by atoms with van der Waals surface area (Å²) in [5, 5.41) is 3.45. The van der Waals surface area contributed by atoms with E-state index in [4.69, 9.17) is 11.6 Å². The first kappa shape index (κ1) is 19.3. The summed E-state index contributed by atoms with van der Waals surface area (Å²) >= 11 is 5.84. The minimum atomic E-state index is -0.313. The van der Waals surface area contributed by atoms with E-state index in [1.807, 2.05) is 4.90 Å². The molecule has 1 saturated heterocycles. The van der Waals surface area contributed by atoms with E-state index in [2.05, 4.69) is 5.32 Å². The number of rotatable bonds is 4. The van der Waals surface area contributed by atoms with Gasteiger partial charge in [0.05, 0.1) is 6.54 Å². The molecule has 0 aromatic heterocycles. The molecule has 142 valence electrons. The van der Waals surface area contributed by atoms with Crippen molar-refractivity contribution in [1.29, 1.82) is 0 Å². The fourth-order valence-corrected chi connectivity index (χ4v) is 3.08. The highest BCUT2D eigenvalue weighted by Gasteiger charge is 2.23. The van der Waals surface area contributed by atoms with Crippen molar-refractivity contribution >= 4 is 29.1 Å². The maximum Gasteiger partial charge on any atom is 0.321 e. The largest absolute Gasteiger partial charge is 0.322 e. The van der Waals surface area contributed by atoms with E-state index < -0.39 is 0 Å². The molecule has 1 N–H and O–H groups in total. The number of piperazine rings is 1. The van der Waals surface area contributed by atoms with Gasteiger partial charge in [-0.25, -0.2) is 9.18 Å². The van der Waals surface area contributed by atoms with Crippen LogP contribution in [-0.4, -0.2) is 54.3 Å². The van der Waals surface area contributed by atoms with Gasteiger partial charge in [0.15, 0.2) is 5.78 Å². The van der Waals surface area contributed by atoms with Gasteiger partial charge in [0.2, 0.25) is 0 Å². The molecule has 0 radical (unpaired) electrons. The van der Waals surface area contributed by atoms with E-state index in [1.54, 1.807) is 42.2 Å². The standard InChI is InChI=1S/C20H21ClFN3O2/c1-14-12-15(2-7-18(14)22)19(26)13-24-8-10-25(11-9-24)20(27)23-17-5-3-16(21)4-6-17/h2-7,12H,8-11,13H2,1H3,(H,23,27). The number of amides is 2. The van der Waals surface area contributed by atoms with Crippen LogP contribution in [0.2, 0.25) is 5.02 Å². The van der Waals surface area contributed by atoms with Gasteiger partial charge in [0, 0.05) is 42.5 Å². The van der Waals surface area contributed by atoms with Gasteiger partial charge >= 0.3 is 6.03 Å². The summed E-state index contributed by atoms with van der Waals surface area (Å²) in [6, 6.07) is 11.2. The molecule has 1 aliphatic heterocycles. The number of benzene rings is 2. The number of anilines is 1. The average molecular weight is 390 g/mol. The number of hydrogen-bond donors (Lipinski definition) is 1. The fraction of sp³-hybridized carbons (Fsp3) is 0.300. The molecule has 2 aromatic rings. The van der Waals surface area contributed by atoms with Crippen molar-refractivity contribution in [2.24, 2.45) is 0 Å². The predicted octanol–water partition coefficient (Wildman–Crippen LogP) is 3.82. The molecule has 1 aliphatic rings. The van der Waals surface area contributed by atoms with Gasteiger partial charge in [-0.3, -0.25) is 9.69 Å². The Kier molecular flexibility index (Phi) is 6.08. The van der Waals surface area contributed by atoms with Gasteiger partial charge in [-0.1, -0.05) is 11.6 Å². The number of ketones is 1. The maximum absolute atomic E-state index is 13.3. The lowest BCUT2D eigenvalue weighted by Gasteiger charge is -2.34. The van der Waals surface area contributed by atoms with E-state index in [0.717, 1.165) is 0 Å². The molecule has 3 rings (SSSR count). The third-order valence-corrected chi connectivity index (χ3v) is 4.85. The highest BCUT2D eigenvalue weighted by Crippen LogP contribution is 2.15. The summed E-state index contributed by atoms with van der Waals surface area (Å²) < 4.78 is 13.3. The number of urea groups is 1. The molecule has 0 bridgehead atoms. The van der Waals surface area contributed by atoms with Crippen LogP contribution in [0.1, 0.15) is 15.9 Å². The molecular weight excluding hydrogens is 369 g/mol. The third-order valence-electron chi connectivity index (χ3n) is 4.60. The third kappa shape index (κ3) is 5.05. The molecule has 7 heteroatoms. The van der Waals surface area contributed by atoms with Crippen LogP contribution >= 0.6 is 11.6 Å². The van der Waals surface area contributed by atoms with Crippen LogP contribution in [0.15, 0.2) is 42.5 Å². The van der Waals surface area contributed by atoms with Crippen molar-refractivity contribution in [2.45, 2.75) is 6.92 Å². The Hall–Kier alpha value is -2.44. The Morgan fingerprint density at radius 2 is 1.74 bits per heavy atom. The first-order valence-corrected chi connectivity index (χ1v) is 9.13. The van der Waals surface area contributed by atoms with Crippen molar-refractivity contribution in [1.82, 2.24) is 9.80 Å². The van der Waals surface area contributed by atoms with Gasteiger partial charge in [-0.05, 0) is 55.0 Å². The highest BCUT2D eigenvalue weighted by molar-refractivity contribution is 6.30. The SMILES string of the molecule is Cc1cc(C(=O)CN2CCN(C(=O)Nc3ccc(Cl)cc3)CC2)ccc1F. The van der Waals surface area contributed by atoms with Crippen LogP contribution in [0.3, 0.4) is 0 Å². The molecule has 0 spiro atoms. The smallest absolute Gasteiger partial charge is 0.321 e. The molecule has 0 unspecified atom stereocenters. The Labute approximate surface area is 162 Å². The van der Waals surface area contributed by atoms with E-state index in [1.165, 1.54) is 12.1 Å². The minimum absolute atomic E-state index is 0.0443. The van der Waals surface area contributed by atoms with Gasteiger partial charge in [-0.15, -0.1) is 0 Å². The molecular formula is C20H21ClFN3O2. The number of carbonyl (C=O) groups is 2. The van der Waals surface area contributed by atoms with E-state index >= 15 is 0 Å². The van der Waals surface area contributed by atoms with Crippen molar-refractivity contribution in [3.63, 3.8) is 0 Å². The topological polar surface area (TPSA) is 52.7 Å². The predicted molar refractivity (Wildman–Crippen MR) is 104 cm³/mol. The molecule has 2 aromatic carbocycles. The molecule has 2 amide bonds. The van der Waals surface area contributed by atoms with Crippen LogP contribution in [0, 0.1) is 12.7 Å². The fourth-order valence-electron chi connectivity index (χ4n) is 2.96. The number of halogens is 2. The first-order chi connectivity index (χ1) is 12.9. The van der Waals surface area contributed by atoms with Gasteiger partial charge in [0.25, 0.3) is 0 Å². The van der Waals surface area contributed by atoms with E-state index in [9.17, 15) is 14.0 Å². The van der Waals surface area contributed by atoms with Crippen LogP contribution in [0.4, 0.5) is 14.9 Å². The molecule has 27 heavy (non-hydrogen) atoms. The Morgan fingerprint density at radius 1 is 1.07 bits per heavy atom. The second-order valence-electron chi connectivity index (χ2n) is 6.59. The van der Waals surface area contributed by atoms with Gasteiger partial charge in [0.1, 0.15) is 5.82 Å². The van der Waals surface area contributed by atoms with Crippen molar-refractivity contribution in [3.05, 3.63) is 64.4 Å². The van der Waals surface area contributed by atoms with Crippen LogP contribution in [0.5, 0.6) is 0 Å². The second-order valence-corrected chi connectivity index (χ2v) is 7.02. The number of hydrogen-bond acceptors (Lipinski definition) is 3. The lowest BCUT2D eigenvalue weighted by atomic mass is 10.1. The zero-order chi connectivity index (χ0) is 19.4. The highest BCUT2D eigenvalue weighted by atomic mass is 35.5. The average Bonchev–Trinajstić information content (AvgIpc) is 2.66. The second kappa shape index (κ2) is 8.50. The van der Waals surface area contributed by atoms with E-state index in [-0.39, 0.29) is 24.2 Å². The zero-order valence-corrected chi connectivity index (χ0v) is 15.8. The molecule has 0 aliphatic carbocycles. The van der Waals surface area contributed by atoms with Crippen molar-refractivity contribution in [2.75, 3.05) is 38.0 Å². The van der Waals surface area contributed by atoms with Gasteiger partial charge in [-0.2, -0.15) is 0 Å². The summed E-state index contributed by atoms with van der Waals surface area (Å²) in [6.45, 7) is 4.20. The Bertz CT molecular complexity index is 834. The maximum atomic E-state index is 13.3. The van der Waals surface area contributed by atoms with Crippen molar-refractivity contribution < 1.29 is 14.0 Å². The molecule has 0 atom stereocenters. The number of aryl methyl sites for hydroxylation is 1. The van der Waals surface area contributed by atoms with Crippen molar-refractivity contribution in [3.8, 4) is 0 Å². The van der Waals surface area contributed by atoms with Crippen LogP contribution < -0.4 is 5.32 Å². The molecule has 1 heterocycles. The summed E-state index contributed by atoms with van der Waals surface area (Å²) in [6.07, 6.45) is 0. The quantitative estimate of drug-likeness (QED) is 0.809. The zero-order valence-electron chi connectivity index (χ0n) is 15.0. The summed E-state index contributed by atoms with van der Waals surface area (Å²) in [4.78, 5) is 28.5. The van der Waals surface area contributed by atoms with Crippen LogP contribution in [-0.2, 0) is 0 Å². The molecule has 5 nitrogen and oxygen atoms in total. The molecule has 0 saturated carbocycles. The first-order valence-electron chi connectivity index (χ1n) is 8.75. The number of Topliss-reactive ketones (excluding diaryl/α,β-unsaturated/α-hetero) is 1. The Morgan fingerprint density at radius 3 is 2.37 bits per heavy atom. The summed E-state index contributed by atoms with van der Waals surface area (Å²) in [5.41, 5.74) is 1.66. The molecule has 1 fully saturated rings. The monoisotopic (exact) mass is 389 g/mol. The Balaban J connectivity index is 1.49. The lowest BCUT2D eigenvalue weighted by Crippen LogP contribution is -2.51. The lowest BCUT2D eigenvalue weighted by molar-refractivity contribution is 0.0883.